The van der Waals surface area contributed by atoms with Gasteiger partial charge in [-0.1, -0.05) is 11.3 Å². The van der Waals surface area contributed by atoms with Gasteiger partial charge in [0.1, 0.15) is 0 Å². The first-order valence-electron chi connectivity index (χ1n) is 2.78. The number of isocyanates is 1. The van der Waals surface area contributed by atoms with Crippen molar-refractivity contribution >= 4 is 28.3 Å². The van der Waals surface area contributed by atoms with Crippen molar-refractivity contribution in [3.8, 4) is 0 Å². The lowest BCUT2D eigenvalue weighted by Gasteiger charge is -1.78. The Labute approximate surface area is 66.6 Å². The van der Waals surface area contributed by atoms with Gasteiger partial charge in [-0.3, -0.25) is 4.79 Å². The molecule has 0 unspecified atom stereocenters. The third-order valence-corrected chi connectivity index (χ3v) is 1.97. The average Bonchev–Trinajstić information content (AvgIpc) is 2.37. The number of hydrogen-bond acceptors (Lipinski definition) is 5. The number of carbonyl (C=O) groups is 1. The van der Waals surface area contributed by atoms with E-state index in [0.717, 1.165) is 11.3 Å². The van der Waals surface area contributed by atoms with Gasteiger partial charge in [0, 0.05) is 6.92 Å². The Morgan fingerprint density at radius 2 is 2.55 bits per heavy atom. The van der Waals surface area contributed by atoms with Gasteiger partial charge in [-0.25, -0.2) is 9.78 Å². The van der Waals surface area contributed by atoms with Crippen molar-refractivity contribution in [3.63, 3.8) is 0 Å². The van der Waals surface area contributed by atoms with E-state index in [-0.39, 0.29) is 10.9 Å². The number of ketones is 1. The highest BCUT2D eigenvalue weighted by Crippen LogP contribution is 2.20. The molecule has 0 saturated heterocycles. The largest absolute Gasteiger partial charge is 0.294 e. The van der Waals surface area contributed by atoms with E-state index in [1.54, 1.807) is 0 Å². The number of rotatable bonds is 2. The summed E-state index contributed by atoms with van der Waals surface area (Å²) in [5.41, 5.74) is 0. The van der Waals surface area contributed by atoms with Gasteiger partial charge in [0.2, 0.25) is 11.2 Å². The van der Waals surface area contributed by atoms with Gasteiger partial charge >= 0.3 is 0 Å². The molecule has 0 amide bonds. The highest BCUT2D eigenvalue weighted by atomic mass is 32.1. The van der Waals surface area contributed by atoms with E-state index >= 15 is 0 Å². The summed E-state index contributed by atoms with van der Waals surface area (Å²) in [6.07, 6.45) is 2.74. The SMILES string of the molecule is CC(=O)c1cnc(N=C=O)s1. The zero-order valence-corrected chi connectivity index (χ0v) is 6.51. The van der Waals surface area contributed by atoms with Crippen LogP contribution >= 0.6 is 11.3 Å². The fraction of sp³-hybridized carbons (Fsp3) is 0.167. The van der Waals surface area contributed by atoms with Gasteiger partial charge in [-0.05, 0) is 0 Å². The summed E-state index contributed by atoms with van der Waals surface area (Å²) in [4.78, 5) is 27.9. The molecule has 0 aliphatic heterocycles. The van der Waals surface area contributed by atoms with Gasteiger partial charge in [0.15, 0.2) is 5.78 Å². The van der Waals surface area contributed by atoms with E-state index < -0.39 is 0 Å². The van der Waals surface area contributed by atoms with Gasteiger partial charge in [-0.2, -0.15) is 0 Å². The molecule has 0 radical (unpaired) electrons. The molecule has 1 aromatic rings. The van der Waals surface area contributed by atoms with E-state index in [9.17, 15) is 9.59 Å². The van der Waals surface area contributed by atoms with Crippen molar-refractivity contribution in [3.05, 3.63) is 11.1 Å². The molecule has 0 saturated carbocycles. The molecule has 11 heavy (non-hydrogen) atoms. The molecule has 0 aliphatic carbocycles. The molecule has 0 atom stereocenters. The molecule has 5 heteroatoms. The lowest BCUT2D eigenvalue weighted by Crippen LogP contribution is -1.83. The predicted molar refractivity (Wildman–Crippen MR) is 39.9 cm³/mol. The van der Waals surface area contributed by atoms with Crippen LogP contribution in [-0.2, 0) is 4.79 Å². The minimum Gasteiger partial charge on any atom is -0.294 e. The van der Waals surface area contributed by atoms with Crippen molar-refractivity contribution < 1.29 is 9.59 Å². The molecule has 4 nitrogen and oxygen atoms in total. The zero-order chi connectivity index (χ0) is 8.27. The summed E-state index contributed by atoms with van der Waals surface area (Å²) >= 11 is 1.08. The molecule has 1 rings (SSSR count). The summed E-state index contributed by atoms with van der Waals surface area (Å²) in [6, 6.07) is 0. The number of thiazole rings is 1. The third kappa shape index (κ3) is 1.80. The summed E-state index contributed by atoms with van der Waals surface area (Å²) in [5, 5.41) is 0.269. The normalized spacial score (nSPS) is 8.82. The average molecular weight is 168 g/mol. The van der Waals surface area contributed by atoms with Crippen LogP contribution in [0.5, 0.6) is 0 Å². The van der Waals surface area contributed by atoms with Crippen molar-refractivity contribution in [1.82, 2.24) is 4.98 Å². The smallest absolute Gasteiger partial charge is 0.242 e. The fourth-order valence-corrected chi connectivity index (χ4v) is 1.15. The Bertz CT molecular complexity index is 309. The Kier molecular flexibility index (Phi) is 2.25. The second kappa shape index (κ2) is 3.18. The quantitative estimate of drug-likeness (QED) is 0.380. The van der Waals surface area contributed by atoms with Crippen LogP contribution in [0.3, 0.4) is 0 Å². The molecule has 0 N–H and O–H groups in total. The van der Waals surface area contributed by atoms with Crippen LogP contribution in [-0.4, -0.2) is 16.8 Å². The van der Waals surface area contributed by atoms with Gasteiger partial charge in [-0.15, -0.1) is 4.99 Å². The van der Waals surface area contributed by atoms with Gasteiger partial charge in [0.25, 0.3) is 0 Å². The lowest BCUT2D eigenvalue weighted by molar-refractivity contribution is 0.102. The van der Waals surface area contributed by atoms with Crippen molar-refractivity contribution in [2.75, 3.05) is 0 Å². The van der Waals surface area contributed by atoms with E-state index in [1.807, 2.05) is 0 Å². The Morgan fingerprint density at radius 3 is 3.00 bits per heavy atom. The number of nitrogens with zero attached hydrogens (tertiary/aromatic N) is 2. The third-order valence-electron chi connectivity index (χ3n) is 0.982. The van der Waals surface area contributed by atoms with E-state index in [1.165, 1.54) is 19.2 Å². The Balaban J connectivity index is 2.99. The summed E-state index contributed by atoms with van der Waals surface area (Å²) in [6.45, 7) is 1.43. The highest BCUT2D eigenvalue weighted by Gasteiger charge is 2.03. The Hall–Kier alpha value is -1.32. The fourth-order valence-electron chi connectivity index (χ4n) is 0.518. The van der Waals surface area contributed by atoms with Crippen molar-refractivity contribution in [2.24, 2.45) is 4.99 Å². The lowest BCUT2D eigenvalue weighted by atomic mass is 10.4. The maximum absolute atomic E-state index is 10.7. The van der Waals surface area contributed by atoms with E-state index in [0.29, 0.717) is 4.88 Å². The van der Waals surface area contributed by atoms with Gasteiger partial charge in [0.05, 0.1) is 11.1 Å². The Morgan fingerprint density at radius 1 is 1.82 bits per heavy atom. The number of aromatic nitrogens is 1. The van der Waals surface area contributed by atoms with Crippen LogP contribution in [0.15, 0.2) is 11.2 Å². The monoisotopic (exact) mass is 168 g/mol. The maximum atomic E-state index is 10.7. The second-order valence-electron chi connectivity index (χ2n) is 1.77. The van der Waals surface area contributed by atoms with Crippen LogP contribution in [0.25, 0.3) is 0 Å². The molecule has 56 valence electrons. The van der Waals surface area contributed by atoms with Crippen molar-refractivity contribution in [2.45, 2.75) is 6.92 Å². The zero-order valence-electron chi connectivity index (χ0n) is 5.70. The summed E-state index contributed by atoms with van der Waals surface area (Å²) in [5.74, 6) is -0.0742. The van der Waals surface area contributed by atoms with E-state index in [4.69, 9.17) is 0 Å². The minimum absolute atomic E-state index is 0.0742. The molecule has 0 aromatic carbocycles. The van der Waals surface area contributed by atoms with Crippen LogP contribution in [0.1, 0.15) is 16.6 Å². The molecule has 0 aliphatic rings. The molecule has 1 heterocycles. The molecule has 0 bridgehead atoms. The molecular formula is C6H4N2O2S. The minimum atomic E-state index is -0.0742. The number of aliphatic imine (C=N–C) groups is 1. The van der Waals surface area contributed by atoms with E-state index in [2.05, 4.69) is 9.98 Å². The number of hydrogen-bond donors (Lipinski definition) is 0. The summed E-state index contributed by atoms with van der Waals surface area (Å²) < 4.78 is 0. The highest BCUT2D eigenvalue weighted by molar-refractivity contribution is 7.17. The van der Waals surface area contributed by atoms with Crippen LogP contribution < -0.4 is 0 Å². The second-order valence-corrected chi connectivity index (χ2v) is 2.78. The molecular weight excluding hydrogens is 164 g/mol. The topological polar surface area (TPSA) is 59.4 Å². The van der Waals surface area contributed by atoms with Crippen LogP contribution in [0.2, 0.25) is 0 Å². The number of carbonyl (C=O) groups excluding carboxylic acids is 2. The van der Waals surface area contributed by atoms with Gasteiger partial charge < -0.3 is 0 Å². The molecule has 1 aromatic heterocycles. The molecule has 0 spiro atoms. The number of Topliss-reactive ketones (excluding diaryl/α,β-unsaturated/α-hetero) is 1. The maximum Gasteiger partial charge on any atom is 0.242 e. The summed E-state index contributed by atoms with van der Waals surface area (Å²) in [7, 11) is 0. The first-order chi connectivity index (χ1) is 5.24. The predicted octanol–water partition coefficient (Wildman–Crippen LogP) is 1.31. The molecule has 0 fully saturated rings. The first kappa shape index (κ1) is 7.78. The van der Waals surface area contributed by atoms with Crippen LogP contribution in [0, 0.1) is 0 Å². The van der Waals surface area contributed by atoms with Crippen molar-refractivity contribution in [1.29, 1.82) is 0 Å². The van der Waals surface area contributed by atoms with Crippen LogP contribution in [0.4, 0.5) is 5.13 Å². The first-order valence-corrected chi connectivity index (χ1v) is 3.60. The standard InChI is InChI=1S/C6H4N2O2S/c1-4(10)5-2-7-6(11-5)8-3-9/h2H,1H3.